The minimum atomic E-state index is -0.636. The van der Waals surface area contributed by atoms with Gasteiger partial charge < -0.3 is 9.84 Å². The number of phenols is 1. The van der Waals surface area contributed by atoms with Crippen LogP contribution in [0.3, 0.4) is 0 Å². The maximum atomic E-state index is 11.7. The Hall–Kier alpha value is -1.55. The Bertz CT molecular complexity index is 460. The molecule has 0 saturated carbocycles. The second-order valence-corrected chi connectivity index (χ2v) is 4.92. The van der Waals surface area contributed by atoms with Gasteiger partial charge in [0, 0.05) is 0 Å². The van der Waals surface area contributed by atoms with Crippen molar-refractivity contribution in [2.24, 2.45) is 0 Å². The van der Waals surface area contributed by atoms with E-state index >= 15 is 0 Å². The highest BCUT2D eigenvalue weighted by molar-refractivity contribution is 6.32. The van der Waals surface area contributed by atoms with Crippen molar-refractivity contribution in [2.75, 3.05) is 0 Å². The monoisotopic (exact) mass is 256 g/mol. The van der Waals surface area contributed by atoms with Gasteiger partial charge in [0.15, 0.2) is 6.29 Å². The SMILES string of the molecule is CC(C)(C)OC(=O)c1cc(Cl)c(O)c(C=O)c1. The van der Waals surface area contributed by atoms with E-state index in [9.17, 15) is 14.7 Å². The Kier molecular flexibility index (Phi) is 3.78. The maximum absolute atomic E-state index is 11.7. The Labute approximate surface area is 104 Å². The molecule has 1 rings (SSSR count). The molecule has 0 aliphatic rings. The van der Waals surface area contributed by atoms with Crippen LogP contribution in [-0.2, 0) is 4.74 Å². The number of hydrogen-bond acceptors (Lipinski definition) is 4. The minimum Gasteiger partial charge on any atom is -0.506 e. The van der Waals surface area contributed by atoms with Crippen LogP contribution in [0, 0.1) is 0 Å². The Morgan fingerprint density at radius 3 is 2.47 bits per heavy atom. The molecule has 0 atom stereocenters. The first kappa shape index (κ1) is 13.5. The molecule has 0 aliphatic carbocycles. The molecule has 92 valence electrons. The number of aromatic hydroxyl groups is 1. The molecule has 0 unspecified atom stereocenters. The van der Waals surface area contributed by atoms with E-state index in [0.717, 1.165) is 0 Å². The average Bonchev–Trinajstić information content (AvgIpc) is 2.19. The van der Waals surface area contributed by atoms with Crippen molar-refractivity contribution < 1.29 is 19.4 Å². The minimum absolute atomic E-state index is 0.0432. The zero-order chi connectivity index (χ0) is 13.2. The molecule has 0 saturated heterocycles. The maximum Gasteiger partial charge on any atom is 0.338 e. The molecule has 0 spiro atoms. The number of halogens is 1. The molecule has 0 amide bonds. The van der Waals surface area contributed by atoms with E-state index in [1.54, 1.807) is 20.8 Å². The lowest BCUT2D eigenvalue weighted by Crippen LogP contribution is -2.24. The predicted molar refractivity (Wildman–Crippen MR) is 63.7 cm³/mol. The summed E-state index contributed by atoms with van der Waals surface area (Å²) in [5, 5.41) is 9.36. The third-order valence-corrected chi connectivity index (χ3v) is 2.14. The van der Waals surface area contributed by atoms with E-state index < -0.39 is 11.6 Å². The fourth-order valence-corrected chi connectivity index (χ4v) is 1.39. The van der Waals surface area contributed by atoms with Crippen LogP contribution in [0.4, 0.5) is 0 Å². The van der Waals surface area contributed by atoms with Crippen LogP contribution in [0.15, 0.2) is 12.1 Å². The van der Waals surface area contributed by atoms with Gasteiger partial charge in [-0.15, -0.1) is 0 Å². The van der Waals surface area contributed by atoms with Crippen molar-refractivity contribution in [3.63, 3.8) is 0 Å². The van der Waals surface area contributed by atoms with Crippen LogP contribution in [0.2, 0.25) is 5.02 Å². The molecule has 1 aromatic carbocycles. The molecule has 0 radical (unpaired) electrons. The van der Waals surface area contributed by atoms with Gasteiger partial charge in [-0.2, -0.15) is 0 Å². The average molecular weight is 257 g/mol. The quantitative estimate of drug-likeness (QED) is 0.653. The van der Waals surface area contributed by atoms with Gasteiger partial charge in [-0.3, -0.25) is 4.79 Å². The van der Waals surface area contributed by atoms with E-state index in [1.807, 2.05) is 0 Å². The van der Waals surface area contributed by atoms with Crippen molar-refractivity contribution in [3.8, 4) is 5.75 Å². The largest absolute Gasteiger partial charge is 0.506 e. The third kappa shape index (κ3) is 3.46. The van der Waals surface area contributed by atoms with Gasteiger partial charge in [-0.05, 0) is 32.9 Å². The lowest BCUT2D eigenvalue weighted by atomic mass is 10.1. The molecule has 0 bridgehead atoms. The molecule has 17 heavy (non-hydrogen) atoms. The smallest absolute Gasteiger partial charge is 0.338 e. The first-order valence-electron chi connectivity index (χ1n) is 4.95. The molecule has 0 heterocycles. The van der Waals surface area contributed by atoms with E-state index in [0.29, 0.717) is 6.29 Å². The molecule has 0 aromatic heterocycles. The highest BCUT2D eigenvalue weighted by Crippen LogP contribution is 2.28. The van der Waals surface area contributed by atoms with Crippen LogP contribution in [0.1, 0.15) is 41.5 Å². The fraction of sp³-hybridized carbons (Fsp3) is 0.333. The number of phenolic OH excluding ortho intramolecular Hbond substituents is 1. The molecule has 5 heteroatoms. The molecule has 0 fully saturated rings. The summed E-state index contributed by atoms with van der Waals surface area (Å²) in [5.41, 5.74) is -0.550. The molecular weight excluding hydrogens is 244 g/mol. The van der Waals surface area contributed by atoms with Crippen molar-refractivity contribution in [1.29, 1.82) is 0 Å². The second-order valence-electron chi connectivity index (χ2n) is 4.52. The molecular formula is C12H13ClO4. The standard InChI is InChI=1S/C12H13ClO4/c1-12(2,3)17-11(16)7-4-8(6-14)10(15)9(13)5-7/h4-6,15H,1-3H3. The zero-order valence-electron chi connectivity index (χ0n) is 9.78. The molecule has 1 aromatic rings. The Morgan fingerprint density at radius 2 is 2.00 bits per heavy atom. The number of aldehydes is 1. The van der Waals surface area contributed by atoms with Gasteiger partial charge in [-0.25, -0.2) is 4.79 Å². The van der Waals surface area contributed by atoms with Crippen molar-refractivity contribution >= 4 is 23.9 Å². The summed E-state index contributed by atoms with van der Waals surface area (Å²) in [6.07, 6.45) is 0.426. The summed E-state index contributed by atoms with van der Waals surface area (Å²) in [6.45, 7) is 5.19. The summed E-state index contributed by atoms with van der Waals surface area (Å²) in [5.74, 6) is -0.934. The lowest BCUT2D eigenvalue weighted by molar-refractivity contribution is 0.00695. The molecule has 1 N–H and O–H groups in total. The van der Waals surface area contributed by atoms with Gasteiger partial charge in [-0.1, -0.05) is 11.6 Å². The second kappa shape index (κ2) is 4.75. The summed E-state index contributed by atoms with van der Waals surface area (Å²) >= 11 is 5.70. The number of carbonyl (C=O) groups is 2. The molecule has 4 nitrogen and oxygen atoms in total. The number of ether oxygens (including phenoxy) is 1. The van der Waals surface area contributed by atoms with E-state index in [4.69, 9.17) is 16.3 Å². The number of esters is 1. The number of benzene rings is 1. The van der Waals surface area contributed by atoms with E-state index in [-0.39, 0.29) is 21.9 Å². The molecule has 0 aliphatic heterocycles. The summed E-state index contributed by atoms with van der Waals surface area (Å²) in [6, 6.07) is 2.50. The van der Waals surface area contributed by atoms with Crippen LogP contribution >= 0.6 is 11.6 Å². The highest BCUT2D eigenvalue weighted by Gasteiger charge is 2.20. The summed E-state index contributed by atoms with van der Waals surface area (Å²) in [4.78, 5) is 22.4. The number of carbonyl (C=O) groups excluding carboxylic acids is 2. The number of rotatable bonds is 2. The van der Waals surface area contributed by atoms with Crippen LogP contribution in [0.5, 0.6) is 5.75 Å². The Morgan fingerprint density at radius 1 is 1.41 bits per heavy atom. The Balaban J connectivity index is 3.11. The van der Waals surface area contributed by atoms with Gasteiger partial charge in [0.2, 0.25) is 0 Å². The fourth-order valence-electron chi connectivity index (χ4n) is 1.17. The predicted octanol–water partition coefficient (Wildman–Crippen LogP) is 2.81. The van der Waals surface area contributed by atoms with Crippen LogP contribution in [-0.4, -0.2) is 23.0 Å². The van der Waals surface area contributed by atoms with Crippen molar-refractivity contribution in [2.45, 2.75) is 26.4 Å². The normalized spacial score (nSPS) is 11.1. The van der Waals surface area contributed by atoms with Crippen LogP contribution in [0.25, 0.3) is 0 Å². The lowest BCUT2D eigenvalue weighted by Gasteiger charge is -2.19. The van der Waals surface area contributed by atoms with E-state index in [1.165, 1.54) is 12.1 Å². The van der Waals surface area contributed by atoms with Gasteiger partial charge >= 0.3 is 5.97 Å². The van der Waals surface area contributed by atoms with Gasteiger partial charge in [0.05, 0.1) is 16.1 Å². The number of hydrogen-bond donors (Lipinski definition) is 1. The van der Waals surface area contributed by atoms with E-state index in [2.05, 4.69) is 0 Å². The topological polar surface area (TPSA) is 63.6 Å². The van der Waals surface area contributed by atoms with Gasteiger partial charge in [0.25, 0.3) is 0 Å². The summed E-state index contributed by atoms with van der Waals surface area (Å²) in [7, 11) is 0. The van der Waals surface area contributed by atoms with Crippen molar-refractivity contribution in [1.82, 2.24) is 0 Å². The van der Waals surface area contributed by atoms with Crippen molar-refractivity contribution in [3.05, 3.63) is 28.3 Å². The van der Waals surface area contributed by atoms with Gasteiger partial charge in [0.1, 0.15) is 11.4 Å². The van der Waals surface area contributed by atoms with Crippen LogP contribution < -0.4 is 0 Å². The summed E-state index contributed by atoms with van der Waals surface area (Å²) < 4.78 is 5.12. The third-order valence-electron chi connectivity index (χ3n) is 1.85. The first-order valence-corrected chi connectivity index (χ1v) is 5.33. The highest BCUT2D eigenvalue weighted by atomic mass is 35.5. The zero-order valence-corrected chi connectivity index (χ0v) is 10.5. The first-order chi connectivity index (χ1) is 7.74.